The van der Waals surface area contributed by atoms with Crippen molar-refractivity contribution in [3.63, 3.8) is 0 Å². The number of hydrogen-bond donors (Lipinski definition) is 4. The Morgan fingerprint density at radius 2 is 0.824 bits per heavy atom. The Balaban J connectivity index is 1.79. The van der Waals surface area contributed by atoms with E-state index in [0.29, 0.717) is 0 Å². The summed E-state index contributed by atoms with van der Waals surface area (Å²) < 4.78 is 0. The lowest BCUT2D eigenvalue weighted by molar-refractivity contribution is 0.475. The molecule has 2 aromatic heterocycles. The van der Waals surface area contributed by atoms with E-state index in [2.05, 4.69) is 46.4 Å². The highest BCUT2D eigenvalue weighted by molar-refractivity contribution is 6.31. The van der Waals surface area contributed by atoms with Crippen LogP contribution in [-0.2, 0) is 0 Å². The van der Waals surface area contributed by atoms with Gasteiger partial charge in [0, 0.05) is 43.7 Å². The van der Waals surface area contributed by atoms with Gasteiger partial charge >= 0.3 is 0 Å². The second kappa shape index (κ2) is 6.90. The third-order valence-electron chi connectivity index (χ3n) is 6.72. The second-order valence-electron chi connectivity index (χ2n) is 8.68. The number of H-pyrrole nitrogens is 2. The fourth-order valence-corrected chi connectivity index (χ4v) is 5.26. The number of para-hydroxylation sites is 2. The van der Waals surface area contributed by atoms with Crippen molar-refractivity contribution in [2.45, 2.75) is 0 Å². The van der Waals surface area contributed by atoms with E-state index in [0.717, 1.165) is 65.9 Å². The molecule has 0 amide bonds. The van der Waals surface area contributed by atoms with E-state index in [9.17, 15) is 10.2 Å². The van der Waals surface area contributed by atoms with Gasteiger partial charge in [-0.25, -0.2) is 0 Å². The molecule has 34 heavy (non-hydrogen) atoms. The van der Waals surface area contributed by atoms with Crippen LogP contribution in [0.1, 0.15) is 0 Å². The number of phenolic OH excluding ortho intramolecular Hbond substituents is 2. The van der Waals surface area contributed by atoms with Crippen LogP contribution < -0.4 is 0 Å². The van der Waals surface area contributed by atoms with Gasteiger partial charge in [-0.3, -0.25) is 0 Å². The van der Waals surface area contributed by atoms with Gasteiger partial charge in [-0.15, -0.1) is 0 Å². The summed E-state index contributed by atoms with van der Waals surface area (Å²) in [5.41, 5.74) is 8.48. The van der Waals surface area contributed by atoms with Crippen molar-refractivity contribution in [2.75, 3.05) is 0 Å². The lowest BCUT2D eigenvalue weighted by atomic mass is 9.90. The molecule has 0 saturated carbocycles. The zero-order chi connectivity index (χ0) is 22.8. The molecule has 5 aromatic carbocycles. The van der Waals surface area contributed by atoms with Crippen LogP contribution in [-0.4, -0.2) is 20.2 Å². The predicted molar refractivity (Wildman–Crippen MR) is 139 cm³/mol. The SMILES string of the molecule is Oc1ccc(-c2c3[nH]c4ccccc4c3c(-c3ccc(O)cc3)c3[nH]c4ccccc4c23)cc1. The molecule has 0 saturated heterocycles. The zero-order valence-electron chi connectivity index (χ0n) is 18.1. The molecule has 162 valence electrons. The Kier molecular flexibility index (Phi) is 3.82. The van der Waals surface area contributed by atoms with E-state index in [1.165, 1.54) is 0 Å². The topological polar surface area (TPSA) is 72.0 Å². The fraction of sp³-hybridized carbons (Fsp3) is 0. The summed E-state index contributed by atoms with van der Waals surface area (Å²) in [5, 5.41) is 24.5. The summed E-state index contributed by atoms with van der Waals surface area (Å²) in [6.45, 7) is 0. The lowest BCUT2D eigenvalue weighted by Crippen LogP contribution is -1.89. The number of fused-ring (bicyclic) bond motifs is 6. The molecule has 7 rings (SSSR count). The van der Waals surface area contributed by atoms with Crippen molar-refractivity contribution in [3.8, 4) is 33.8 Å². The zero-order valence-corrected chi connectivity index (χ0v) is 18.1. The summed E-state index contributed by atoms with van der Waals surface area (Å²) in [6.07, 6.45) is 0. The second-order valence-corrected chi connectivity index (χ2v) is 8.68. The first kappa shape index (κ1) is 18.8. The minimum absolute atomic E-state index is 0.243. The van der Waals surface area contributed by atoms with Gasteiger partial charge in [-0.2, -0.15) is 0 Å². The Hall–Kier alpha value is -4.70. The molecule has 0 aliphatic rings. The van der Waals surface area contributed by atoms with Gasteiger partial charge in [-0.05, 0) is 47.5 Å². The van der Waals surface area contributed by atoms with Gasteiger partial charge in [-0.1, -0.05) is 60.7 Å². The highest BCUT2D eigenvalue weighted by Gasteiger charge is 2.23. The average molecular weight is 441 g/mol. The molecular weight excluding hydrogens is 420 g/mol. The van der Waals surface area contributed by atoms with Gasteiger partial charge in [0.1, 0.15) is 11.5 Å². The molecule has 2 heterocycles. The number of aromatic nitrogens is 2. The molecule has 4 heteroatoms. The molecule has 0 spiro atoms. The Bertz CT molecular complexity index is 1720. The molecule has 0 fully saturated rings. The average Bonchev–Trinajstić information content (AvgIpc) is 3.43. The van der Waals surface area contributed by atoms with Crippen molar-refractivity contribution in [2.24, 2.45) is 0 Å². The van der Waals surface area contributed by atoms with Crippen LogP contribution in [0.15, 0.2) is 97.1 Å². The minimum Gasteiger partial charge on any atom is -0.508 e. The van der Waals surface area contributed by atoms with Gasteiger partial charge in [0.2, 0.25) is 0 Å². The molecule has 0 unspecified atom stereocenters. The lowest BCUT2D eigenvalue weighted by Gasteiger charge is -2.13. The first-order valence-electron chi connectivity index (χ1n) is 11.2. The van der Waals surface area contributed by atoms with Gasteiger partial charge in [0.15, 0.2) is 0 Å². The van der Waals surface area contributed by atoms with Crippen LogP contribution >= 0.6 is 0 Å². The standard InChI is InChI=1S/C30H20N2O2/c33-19-13-9-17(10-14-19)25-27-21-5-1-3-7-23(21)31-29(27)26(18-11-15-20(34)16-12-18)28-22-6-2-4-8-24(22)32-30(25)28/h1-16,31-34H. The molecule has 0 aliphatic heterocycles. The quantitative estimate of drug-likeness (QED) is 0.222. The van der Waals surface area contributed by atoms with E-state index in [1.807, 2.05) is 36.4 Å². The van der Waals surface area contributed by atoms with Crippen molar-refractivity contribution < 1.29 is 10.2 Å². The smallest absolute Gasteiger partial charge is 0.115 e. The van der Waals surface area contributed by atoms with Crippen molar-refractivity contribution >= 4 is 43.6 Å². The maximum atomic E-state index is 9.96. The number of phenols is 2. The maximum absolute atomic E-state index is 9.96. The van der Waals surface area contributed by atoms with Gasteiger partial charge < -0.3 is 20.2 Å². The van der Waals surface area contributed by atoms with E-state index in [1.54, 1.807) is 24.3 Å². The predicted octanol–water partition coefficient (Wildman–Crippen LogP) is 7.70. The number of aromatic hydroxyl groups is 2. The third kappa shape index (κ3) is 2.60. The molecule has 0 bridgehead atoms. The first-order chi connectivity index (χ1) is 16.7. The molecule has 0 atom stereocenters. The number of nitrogens with one attached hydrogen (secondary N) is 2. The van der Waals surface area contributed by atoms with Crippen LogP contribution in [0.5, 0.6) is 11.5 Å². The Labute approximate surface area is 194 Å². The molecule has 7 aromatic rings. The highest BCUT2D eigenvalue weighted by Crippen LogP contribution is 2.48. The van der Waals surface area contributed by atoms with Crippen LogP contribution in [0.25, 0.3) is 65.9 Å². The normalized spacial score (nSPS) is 11.8. The van der Waals surface area contributed by atoms with E-state index >= 15 is 0 Å². The number of hydrogen-bond acceptors (Lipinski definition) is 2. The molecule has 4 N–H and O–H groups in total. The summed E-state index contributed by atoms with van der Waals surface area (Å²) in [6, 6.07) is 31.5. The van der Waals surface area contributed by atoms with Crippen LogP contribution in [0.4, 0.5) is 0 Å². The summed E-state index contributed by atoms with van der Waals surface area (Å²) >= 11 is 0. The number of benzene rings is 5. The van der Waals surface area contributed by atoms with Gasteiger partial charge in [0.05, 0.1) is 11.0 Å². The van der Waals surface area contributed by atoms with Crippen molar-refractivity contribution in [1.29, 1.82) is 0 Å². The van der Waals surface area contributed by atoms with E-state index in [-0.39, 0.29) is 11.5 Å². The van der Waals surface area contributed by atoms with Crippen LogP contribution in [0.2, 0.25) is 0 Å². The third-order valence-corrected chi connectivity index (χ3v) is 6.72. The van der Waals surface area contributed by atoms with Crippen molar-refractivity contribution in [1.82, 2.24) is 9.97 Å². The summed E-state index contributed by atoms with van der Waals surface area (Å²) in [5.74, 6) is 0.486. The fourth-order valence-electron chi connectivity index (χ4n) is 5.26. The highest BCUT2D eigenvalue weighted by atomic mass is 16.3. The van der Waals surface area contributed by atoms with Crippen LogP contribution in [0.3, 0.4) is 0 Å². The molecule has 0 radical (unpaired) electrons. The maximum Gasteiger partial charge on any atom is 0.115 e. The van der Waals surface area contributed by atoms with E-state index in [4.69, 9.17) is 0 Å². The first-order valence-corrected chi connectivity index (χ1v) is 11.2. The number of rotatable bonds is 2. The monoisotopic (exact) mass is 440 g/mol. The molecule has 4 nitrogen and oxygen atoms in total. The Morgan fingerprint density at radius 1 is 0.441 bits per heavy atom. The minimum atomic E-state index is 0.243. The summed E-state index contributed by atoms with van der Waals surface area (Å²) in [7, 11) is 0. The van der Waals surface area contributed by atoms with Crippen molar-refractivity contribution in [3.05, 3.63) is 97.1 Å². The van der Waals surface area contributed by atoms with Crippen LogP contribution in [0, 0.1) is 0 Å². The largest absolute Gasteiger partial charge is 0.508 e. The summed E-state index contributed by atoms with van der Waals surface area (Å²) in [4.78, 5) is 7.40. The Morgan fingerprint density at radius 3 is 1.24 bits per heavy atom. The molecular formula is C30H20N2O2. The van der Waals surface area contributed by atoms with Gasteiger partial charge in [0.25, 0.3) is 0 Å². The number of aromatic amines is 2. The molecule has 0 aliphatic carbocycles. The van der Waals surface area contributed by atoms with E-state index < -0.39 is 0 Å².